The van der Waals surface area contributed by atoms with E-state index in [9.17, 15) is 13.2 Å². The predicted octanol–water partition coefficient (Wildman–Crippen LogP) is 2.58. The van der Waals surface area contributed by atoms with Crippen LogP contribution < -0.4 is 10.1 Å². The molecule has 0 aliphatic heterocycles. The van der Waals surface area contributed by atoms with Gasteiger partial charge in [-0.1, -0.05) is 30.3 Å². The first-order valence-electron chi connectivity index (χ1n) is 7.89. The average molecular weight is 370 g/mol. The van der Waals surface area contributed by atoms with Crippen LogP contribution in [0.25, 0.3) is 10.9 Å². The van der Waals surface area contributed by atoms with Gasteiger partial charge in [-0.05, 0) is 29.8 Å². The Morgan fingerprint density at radius 2 is 1.81 bits per heavy atom. The summed E-state index contributed by atoms with van der Waals surface area (Å²) < 4.78 is 28.2. The minimum absolute atomic E-state index is 0.246. The molecule has 0 aliphatic carbocycles. The van der Waals surface area contributed by atoms with E-state index in [-0.39, 0.29) is 23.0 Å². The largest absolute Gasteiger partial charge is 0.494 e. The van der Waals surface area contributed by atoms with Gasteiger partial charge in [0, 0.05) is 18.2 Å². The first-order chi connectivity index (χ1) is 12.4. The first kappa shape index (κ1) is 17.9. The Morgan fingerprint density at radius 3 is 2.46 bits per heavy atom. The molecule has 1 aromatic heterocycles. The fourth-order valence-electron chi connectivity index (χ4n) is 2.54. The lowest BCUT2D eigenvalue weighted by atomic mass is 10.2. The number of hydrogen-bond donors (Lipinski definition) is 1. The molecule has 3 aromatic rings. The predicted molar refractivity (Wildman–Crippen MR) is 99.0 cm³/mol. The number of sulfone groups is 1. The van der Waals surface area contributed by atoms with Gasteiger partial charge < -0.3 is 10.1 Å². The van der Waals surface area contributed by atoms with Crippen molar-refractivity contribution in [3.63, 3.8) is 0 Å². The topological polar surface area (TPSA) is 85.4 Å². The maximum atomic E-state index is 12.4. The Balaban J connectivity index is 1.75. The summed E-state index contributed by atoms with van der Waals surface area (Å²) >= 11 is 0. The van der Waals surface area contributed by atoms with Gasteiger partial charge >= 0.3 is 0 Å². The quantitative estimate of drug-likeness (QED) is 0.746. The number of pyridine rings is 1. The molecule has 0 bridgehead atoms. The Bertz CT molecular complexity index is 1060. The summed E-state index contributed by atoms with van der Waals surface area (Å²) in [5.74, 6) is 0.290. The van der Waals surface area contributed by atoms with Crippen LogP contribution in [0.4, 0.5) is 0 Å². The third-order valence-corrected chi connectivity index (χ3v) is 5.07. The van der Waals surface area contributed by atoms with Gasteiger partial charge in [0.25, 0.3) is 5.91 Å². The number of aromatic nitrogens is 1. The summed E-state index contributed by atoms with van der Waals surface area (Å²) in [6, 6.07) is 15.4. The molecule has 1 heterocycles. The number of fused-ring (bicyclic) bond motifs is 1. The summed E-state index contributed by atoms with van der Waals surface area (Å²) in [5, 5.41) is 3.67. The molecule has 0 radical (unpaired) electrons. The molecule has 3 rings (SSSR count). The molecule has 0 aliphatic rings. The van der Waals surface area contributed by atoms with Gasteiger partial charge in [0.2, 0.25) is 0 Å². The van der Waals surface area contributed by atoms with Gasteiger partial charge in [0.05, 0.1) is 12.0 Å². The van der Waals surface area contributed by atoms with E-state index < -0.39 is 9.84 Å². The number of amides is 1. The molecular weight excluding hydrogens is 352 g/mol. The zero-order valence-corrected chi connectivity index (χ0v) is 15.2. The van der Waals surface area contributed by atoms with Crippen molar-refractivity contribution >= 4 is 26.6 Å². The molecule has 0 saturated carbocycles. The second-order valence-electron chi connectivity index (χ2n) is 5.83. The third kappa shape index (κ3) is 3.83. The Labute approximate surface area is 151 Å². The molecule has 0 spiro atoms. The minimum atomic E-state index is -3.23. The number of nitrogens with zero attached hydrogens (tertiary/aromatic N) is 1. The van der Waals surface area contributed by atoms with E-state index in [4.69, 9.17) is 4.74 Å². The van der Waals surface area contributed by atoms with E-state index in [1.54, 1.807) is 31.4 Å². The molecule has 134 valence electrons. The van der Waals surface area contributed by atoms with Gasteiger partial charge in [-0.3, -0.25) is 4.79 Å². The highest BCUT2D eigenvalue weighted by Gasteiger charge is 2.11. The standard InChI is InChI=1S/C19H18N2O4S/c1-25-17-5-3-4-14-8-11-16(21-18(14)17)19(22)20-12-13-6-9-15(10-7-13)26(2,23)24/h3-11H,12H2,1-2H3,(H,20,22). The highest BCUT2D eigenvalue weighted by atomic mass is 32.2. The lowest BCUT2D eigenvalue weighted by molar-refractivity contribution is 0.0946. The number of nitrogens with one attached hydrogen (secondary N) is 1. The number of carbonyl (C=O) groups is 1. The van der Waals surface area contributed by atoms with Crippen LogP contribution >= 0.6 is 0 Å². The summed E-state index contributed by atoms with van der Waals surface area (Å²) in [7, 11) is -1.67. The number of para-hydroxylation sites is 1. The molecule has 7 heteroatoms. The monoisotopic (exact) mass is 370 g/mol. The smallest absolute Gasteiger partial charge is 0.270 e. The molecule has 0 fully saturated rings. The molecule has 1 amide bonds. The highest BCUT2D eigenvalue weighted by Crippen LogP contribution is 2.23. The third-order valence-electron chi connectivity index (χ3n) is 3.94. The number of ether oxygens (including phenoxy) is 1. The van der Waals surface area contributed by atoms with Crippen molar-refractivity contribution in [3.8, 4) is 5.75 Å². The highest BCUT2D eigenvalue weighted by molar-refractivity contribution is 7.90. The number of methoxy groups -OCH3 is 1. The molecule has 26 heavy (non-hydrogen) atoms. The van der Waals surface area contributed by atoms with Crippen LogP contribution in [-0.4, -0.2) is 32.7 Å². The first-order valence-corrected chi connectivity index (χ1v) is 9.78. The maximum absolute atomic E-state index is 12.4. The minimum Gasteiger partial charge on any atom is -0.494 e. The van der Waals surface area contributed by atoms with E-state index in [0.29, 0.717) is 11.3 Å². The number of carbonyl (C=O) groups excluding carboxylic acids is 1. The van der Waals surface area contributed by atoms with Gasteiger partial charge in [-0.2, -0.15) is 0 Å². The van der Waals surface area contributed by atoms with E-state index in [0.717, 1.165) is 17.2 Å². The summed E-state index contributed by atoms with van der Waals surface area (Å²) in [5.41, 5.74) is 1.71. The molecule has 2 aromatic carbocycles. The number of hydrogen-bond acceptors (Lipinski definition) is 5. The summed E-state index contributed by atoms with van der Waals surface area (Å²) in [6.45, 7) is 0.272. The van der Waals surface area contributed by atoms with Crippen molar-refractivity contribution in [1.29, 1.82) is 0 Å². The number of benzene rings is 2. The fraction of sp³-hybridized carbons (Fsp3) is 0.158. The molecule has 0 atom stereocenters. The van der Waals surface area contributed by atoms with Crippen molar-refractivity contribution in [2.75, 3.05) is 13.4 Å². The van der Waals surface area contributed by atoms with Gasteiger partial charge in [-0.15, -0.1) is 0 Å². The van der Waals surface area contributed by atoms with Gasteiger partial charge in [0.15, 0.2) is 9.84 Å². The van der Waals surface area contributed by atoms with Gasteiger partial charge in [-0.25, -0.2) is 13.4 Å². The lowest BCUT2D eigenvalue weighted by Gasteiger charge is -2.08. The van der Waals surface area contributed by atoms with Crippen molar-refractivity contribution < 1.29 is 17.9 Å². The van der Waals surface area contributed by atoms with Crippen molar-refractivity contribution in [2.24, 2.45) is 0 Å². The second-order valence-corrected chi connectivity index (χ2v) is 7.84. The van der Waals surface area contributed by atoms with Crippen LogP contribution in [-0.2, 0) is 16.4 Å². The molecule has 1 N–H and O–H groups in total. The summed E-state index contributed by atoms with van der Waals surface area (Å²) in [6.07, 6.45) is 1.16. The van der Waals surface area contributed by atoms with Crippen molar-refractivity contribution in [1.82, 2.24) is 10.3 Å². The van der Waals surface area contributed by atoms with E-state index in [1.165, 1.54) is 12.1 Å². The van der Waals surface area contributed by atoms with Crippen molar-refractivity contribution in [2.45, 2.75) is 11.4 Å². The zero-order valence-electron chi connectivity index (χ0n) is 14.4. The van der Waals surface area contributed by atoms with Crippen LogP contribution in [0.15, 0.2) is 59.5 Å². The Hall–Kier alpha value is -2.93. The molecule has 6 nitrogen and oxygen atoms in total. The Kier molecular flexibility index (Phi) is 4.90. The molecule has 0 unspecified atom stereocenters. The molecular formula is C19H18N2O4S. The number of rotatable bonds is 5. The second kappa shape index (κ2) is 7.13. The van der Waals surface area contributed by atoms with Crippen LogP contribution in [0.2, 0.25) is 0 Å². The summed E-state index contributed by atoms with van der Waals surface area (Å²) in [4.78, 5) is 17.0. The van der Waals surface area contributed by atoms with Crippen molar-refractivity contribution in [3.05, 3.63) is 65.9 Å². The fourth-order valence-corrected chi connectivity index (χ4v) is 3.17. The van der Waals surface area contributed by atoms with E-state index >= 15 is 0 Å². The zero-order chi connectivity index (χ0) is 18.7. The van der Waals surface area contributed by atoms with Crippen LogP contribution in [0.5, 0.6) is 5.75 Å². The van der Waals surface area contributed by atoms with Crippen LogP contribution in [0.3, 0.4) is 0 Å². The maximum Gasteiger partial charge on any atom is 0.270 e. The Morgan fingerprint density at radius 1 is 1.08 bits per heavy atom. The lowest BCUT2D eigenvalue weighted by Crippen LogP contribution is -2.23. The van der Waals surface area contributed by atoms with E-state index in [1.807, 2.05) is 18.2 Å². The van der Waals surface area contributed by atoms with Gasteiger partial charge in [0.1, 0.15) is 17.0 Å². The SMILES string of the molecule is COc1cccc2ccc(C(=O)NCc3ccc(S(C)(=O)=O)cc3)nc12. The van der Waals surface area contributed by atoms with E-state index in [2.05, 4.69) is 10.3 Å². The van der Waals surface area contributed by atoms with Crippen LogP contribution in [0, 0.1) is 0 Å². The normalized spacial score (nSPS) is 11.3. The van der Waals surface area contributed by atoms with Crippen LogP contribution in [0.1, 0.15) is 16.1 Å². The molecule has 0 saturated heterocycles. The average Bonchev–Trinajstić information content (AvgIpc) is 2.64.